The number of amides is 1. The SMILES string of the molecule is N#CCCN(C(=O)C1CCCCS1)C1CC1. The lowest BCUT2D eigenvalue weighted by Gasteiger charge is -2.28. The second-order valence-corrected chi connectivity index (χ2v) is 5.84. The first-order chi connectivity index (χ1) is 7.83. The number of hydrogen-bond acceptors (Lipinski definition) is 3. The molecule has 1 aliphatic heterocycles. The summed E-state index contributed by atoms with van der Waals surface area (Å²) < 4.78 is 0. The Morgan fingerprint density at radius 1 is 1.38 bits per heavy atom. The summed E-state index contributed by atoms with van der Waals surface area (Å²) in [6.45, 7) is 0.636. The predicted molar refractivity (Wildman–Crippen MR) is 65.1 cm³/mol. The first-order valence-electron chi connectivity index (χ1n) is 6.12. The highest BCUT2D eigenvalue weighted by Crippen LogP contribution is 2.32. The van der Waals surface area contributed by atoms with E-state index >= 15 is 0 Å². The van der Waals surface area contributed by atoms with Crippen LogP contribution in [0.1, 0.15) is 38.5 Å². The Bertz CT molecular complexity index is 290. The molecule has 1 unspecified atom stereocenters. The predicted octanol–water partition coefficient (Wildman–Crippen LogP) is 2.18. The van der Waals surface area contributed by atoms with E-state index in [1.54, 1.807) is 11.8 Å². The molecule has 0 aromatic carbocycles. The Kier molecular flexibility index (Phi) is 4.11. The molecule has 3 nitrogen and oxygen atoms in total. The Morgan fingerprint density at radius 3 is 2.75 bits per heavy atom. The minimum atomic E-state index is 0.174. The van der Waals surface area contributed by atoms with E-state index in [1.807, 2.05) is 4.90 Å². The minimum absolute atomic E-state index is 0.174. The van der Waals surface area contributed by atoms with Gasteiger partial charge in [0, 0.05) is 12.6 Å². The van der Waals surface area contributed by atoms with Crippen molar-refractivity contribution >= 4 is 17.7 Å². The normalized spacial score (nSPS) is 24.8. The molecule has 1 heterocycles. The van der Waals surface area contributed by atoms with Gasteiger partial charge in [-0.25, -0.2) is 0 Å². The van der Waals surface area contributed by atoms with Crippen molar-refractivity contribution < 1.29 is 4.79 Å². The Morgan fingerprint density at radius 2 is 2.19 bits per heavy atom. The van der Waals surface area contributed by atoms with Gasteiger partial charge in [-0.3, -0.25) is 4.79 Å². The van der Waals surface area contributed by atoms with Crippen LogP contribution in [0.2, 0.25) is 0 Å². The zero-order valence-electron chi connectivity index (χ0n) is 9.52. The van der Waals surface area contributed by atoms with Crippen LogP contribution >= 0.6 is 11.8 Å². The lowest BCUT2D eigenvalue weighted by atomic mass is 10.1. The molecule has 88 valence electrons. The largest absolute Gasteiger partial charge is 0.338 e. The molecule has 0 N–H and O–H groups in total. The number of nitrogens with zero attached hydrogens (tertiary/aromatic N) is 2. The van der Waals surface area contributed by atoms with Gasteiger partial charge < -0.3 is 4.90 Å². The molecular formula is C12H18N2OS. The topological polar surface area (TPSA) is 44.1 Å². The Balaban J connectivity index is 1.90. The molecule has 4 heteroatoms. The van der Waals surface area contributed by atoms with E-state index in [2.05, 4.69) is 6.07 Å². The third-order valence-corrected chi connectivity index (χ3v) is 4.55. The van der Waals surface area contributed by atoms with Gasteiger partial charge in [0.2, 0.25) is 5.91 Å². The van der Waals surface area contributed by atoms with Gasteiger partial charge in [-0.05, 0) is 31.4 Å². The number of nitriles is 1. The van der Waals surface area contributed by atoms with Crippen LogP contribution in [0.5, 0.6) is 0 Å². The van der Waals surface area contributed by atoms with Crippen LogP contribution in [0.25, 0.3) is 0 Å². The lowest BCUT2D eigenvalue weighted by Crippen LogP contribution is -2.40. The van der Waals surface area contributed by atoms with Crippen LogP contribution in [0.3, 0.4) is 0 Å². The third-order valence-electron chi connectivity index (χ3n) is 3.19. The van der Waals surface area contributed by atoms with Gasteiger partial charge in [0.1, 0.15) is 0 Å². The Hall–Kier alpha value is -0.690. The van der Waals surface area contributed by atoms with Crippen molar-refractivity contribution in [3.63, 3.8) is 0 Å². The smallest absolute Gasteiger partial charge is 0.235 e. The molecule has 1 amide bonds. The number of carbonyl (C=O) groups is 1. The fraction of sp³-hybridized carbons (Fsp3) is 0.833. The zero-order valence-corrected chi connectivity index (χ0v) is 10.3. The van der Waals surface area contributed by atoms with E-state index in [0.29, 0.717) is 24.9 Å². The first kappa shape index (κ1) is 11.8. The summed E-state index contributed by atoms with van der Waals surface area (Å²) >= 11 is 1.80. The standard InChI is InChI=1S/C12H18N2OS/c13-7-3-8-14(10-5-6-10)12(15)11-4-1-2-9-16-11/h10-11H,1-6,8-9H2. The molecule has 0 bridgehead atoms. The van der Waals surface area contributed by atoms with Gasteiger partial charge in [-0.2, -0.15) is 5.26 Å². The zero-order chi connectivity index (χ0) is 11.4. The molecule has 0 radical (unpaired) electrons. The highest BCUT2D eigenvalue weighted by molar-refractivity contribution is 8.00. The maximum Gasteiger partial charge on any atom is 0.235 e. The molecule has 1 aliphatic carbocycles. The van der Waals surface area contributed by atoms with E-state index < -0.39 is 0 Å². The van der Waals surface area contributed by atoms with Crippen LogP contribution < -0.4 is 0 Å². The summed E-state index contributed by atoms with van der Waals surface area (Å²) in [5, 5.41) is 8.79. The molecule has 16 heavy (non-hydrogen) atoms. The number of hydrogen-bond donors (Lipinski definition) is 0. The molecule has 2 aliphatic rings. The first-order valence-corrected chi connectivity index (χ1v) is 7.17. The van der Waals surface area contributed by atoms with Crippen molar-refractivity contribution in [3.8, 4) is 6.07 Å². The second-order valence-electron chi connectivity index (χ2n) is 4.53. The van der Waals surface area contributed by atoms with E-state index in [9.17, 15) is 4.79 Å². The van der Waals surface area contributed by atoms with Crippen molar-refractivity contribution in [2.75, 3.05) is 12.3 Å². The molecule has 0 aromatic heterocycles. The summed E-state index contributed by atoms with van der Waals surface area (Å²) in [5.74, 6) is 1.41. The molecule has 1 saturated heterocycles. The highest BCUT2D eigenvalue weighted by atomic mass is 32.2. The van der Waals surface area contributed by atoms with Crippen LogP contribution in [-0.2, 0) is 4.79 Å². The average Bonchev–Trinajstić information content (AvgIpc) is 3.15. The molecule has 0 aromatic rings. The van der Waals surface area contributed by atoms with Gasteiger partial charge in [-0.15, -0.1) is 11.8 Å². The minimum Gasteiger partial charge on any atom is -0.338 e. The molecular weight excluding hydrogens is 220 g/mol. The van der Waals surface area contributed by atoms with Crippen LogP contribution in [0.4, 0.5) is 0 Å². The molecule has 2 rings (SSSR count). The van der Waals surface area contributed by atoms with E-state index in [4.69, 9.17) is 5.26 Å². The van der Waals surface area contributed by atoms with Crippen LogP contribution in [0.15, 0.2) is 0 Å². The summed E-state index contributed by atoms with van der Waals surface area (Å²) in [6.07, 6.45) is 6.19. The number of carbonyl (C=O) groups excluding carboxylic acids is 1. The average molecular weight is 238 g/mol. The van der Waals surface area contributed by atoms with Crippen LogP contribution in [-0.4, -0.2) is 34.4 Å². The van der Waals surface area contributed by atoms with Crippen molar-refractivity contribution in [2.45, 2.75) is 49.8 Å². The van der Waals surface area contributed by atoms with Crippen molar-refractivity contribution in [1.29, 1.82) is 5.26 Å². The molecule has 0 spiro atoms. The molecule has 1 atom stereocenters. The van der Waals surface area contributed by atoms with Crippen molar-refractivity contribution in [2.24, 2.45) is 0 Å². The van der Waals surface area contributed by atoms with Gasteiger partial charge in [0.25, 0.3) is 0 Å². The fourth-order valence-electron chi connectivity index (χ4n) is 2.15. The van der Waals surface area contributed by atoms with E-state index in [0.717, 1.165) is 25.0 Å². The quantitative estimate of drug-likeness (QED) is 0.754. The highest BCUT2D eigenvalue weighted by Gasteiger charge is 2.35. The monoisotopic (exact) mass is 238 g/mol. The number of thioether (sulfide) groups is 1. The van der Waals surface area contributed by atoms with Gasteiger partial charge in [0.15, 0.2) is 0 Å². The summed E-state index contributed by atoms with van der Waals surface area (Å²) in [5.41, 5.74) is 0. The maximum atomic E-state index is 12.3. The third kappa shape index (κ3) is 2.91. The molecule has 2 fully saturated rings. The van der Waals surface area contributed by atoms with Crippen molar-refractivity contribution in [1.82, 2.24) is 4.90 Å². The van der Waals surface area contributed by atoms with Crippen LogP contribution in [0, 0.1) is 11.3 Å². The van der Waals surface area contributed by atoms with Gasteiger partial charge in [0.05, 0.1) is 17.7 Å². The molecule has 1 saturated carbocycles. The Labute approximate surface area is 101 Å². The fourth-order valence-corrected chi connectivity index (χ4v) is 3.42. The summed E-state index contributed by atoms with van der Waals surface area (Å²) in [7, 11) is 0. The van der Waals surface area contributed by atoms with Crippen molar-refractivity contribution in [3.05, 3.63) is 0 Å². The van der Waals surface area contributed by atoms with E-state index in [1.165, 1.54) is 12.8 Å². The van der Waals surface area contributed by atoms with Gasteiger partial charge >= 0.3 is 0 Å². The maximum absolute atomic E-state index is 12.3. The number of rotatable bonds is 4. The summed E-state index contributed by atoms with van der Waals surface area (Å²) in [6, 6.07) is 2.59. The lowest BCUT2D eigenvalue weighted by molar-refractivity contribution is -0.131. The summed E-state index contributed by atoms with van der Waals surface area (Å²) in [4.78, 5) is 14.2. The van der Waals surface area contributed by atoms with E-state index in [-0.39, 0.29) is 5.25 Å². The van der Waals surface area contributed by atoms with Gasteiger partial charge in [-0.1, -0.05) is 6.42 Å². The second kappa shape index (κ2) is 5.58.